The van der Waals surface area contributed by atoms with E-state index in [0.29, 0.717) is 17.1 Å². The van der Waals surface area contributed by atoms with Crippen LogP contribution in [-0.4, -0.2) is 47.3 Å². The molecule has 0 saturated heterocycles. The van der Waals surface area contributed by atoms with E-state index in [1.807, 2.05) is 18.5 Å². The Morgan fingerprint density at radius 1 is 1.33 bits per heavy atom. The van der Waals surface area contributed by atoms with Crippen LogP contribution in [-0.2, 0) is 28.3 Å². The lowest BCUT2D eigenvalue weighted by atomic mass is 10.3. The average molecular weight is 408 g/mol. The highest BCUT2D eigenvalue weighted by Crippen LogP contribution is 2.22. The van der Waals surface area contributed by atoms with Crippen molar-refractivity contribution < 1.29 is 13.2 Å². The quantitative estimate of drug-likeness (QED) is 0.675. The monoisotopic (exact) mass is 407 g/mol. The minimum atomic E-state index is -3.52. The summed E-state index contributed by atoms with van der Waals surface area (Å²) in [6, 6.07) is 4.87. The van der Waals surface area contributed by atoms with Crippen molar-refractivity contribution in [2.24, 2.45) is 7.05 Å². The summed E-state index contributed by atoms with van der Waals surface area (Å²) in [6.45, 7) is 1.93. The Labute approximate surface area is 161 Å². The van der Waals surface area contributed by atoms with E-state index in [-0.39, 0.29) is 17.2 Å². The van der Waals surface area contributed by atoms with Gasteiger partial charge in [-0.2, -0.15) is 0 Å². The number of aromatic nitrogens is 3. The van der Waals surface area contributed by atoms with Crippen LogP contribution in [0.5, 0.6) is 0 Å². The number of carbonyl (C=O) groups is 1. The molecule has 3 aromatic rings. The van der Waals surface area contributed by atoms with Gasteiger partial charge in [0.2, 0.25) is 15.9 Å². The number of nitrogens with zero attached hydrogens (tertiary/aromatic N) is 4. The van der Waals surface area contributed by atoms with Crippen LogP contribution in [0, 0.1) is 6.92 Å². The maximum Gasteiger partial charge on any atom is 0.242 e. The number of thiazole rings is 1. The predicted octanol–water partition coefficient (Wildman–Crippen LogP) is 2.16. The number of rotatable bonds is 6. The zero-order valence-corrected chi connectivity index (χ0v) is 17.2. The van der Waals surface area contributed by atoms with Crippen LogP contribution in [0.3, 0.4) is 0 Å². The molecule has 2 aromatic heterocycles. The summed E-state index contributed by atoms with van der Waals surface area (Å²) in [4.78, 5) is 22.0. The van der Waals surface area contributed by atoms with Gasteiger partial charge in [0.25, 0.3) is 0 Å². The fourth-order valence-corrected chi connectivity index (χ4v) is 4.25. The van der Waals surface area contributed by atoms with Crippen LogP contribution in [0.4, 0.5) is 5.13 Å². The number of carbonyl (C=O) groups excluding carboxylic acids is 1. The standard InChI is InChI=1S/C17H21N5O3S2/c1-11-10-18-17(26-11)20-16(23)8-7-15-19-13-9-12(27(24,25)21(2)3)5-6-14(13)22(15)4/h5-6,9-10H,7-8H2,1-4H3,(H,18,20,23). The van der Waals surface area contributed by atoms with Crippen molar-refractivity contribution in [2.45, 2.75) is 24.7 Å². The first-order chi connectivity index (χ1) is 12.7. The molecule has 0 fully saturated rings. The van der Waals surface area contributed by atoms with Gasteiger partial charge in [0, 0.05) is 45.1 Å². The summed E-state index contributed by atoms with van der Waals surface area (Å²) in [5.74, 6) is 0.585. The minimum Gasteiger partial charge on any atom is -0.331 e. The Morgan fingerprint density at radius 2 is 2.07 bits per heavy atom. The molecule has 0 aliphatic heterocycles. The van der Waals surface area contributed by atoms with Gasteiger partial charge in [-0.3, -0.25) is 4.79 Å². The number of hydrogen-bond acceptors (Lipinski definition) is 6. The number of benzene rings is 1. The number of hydrogen-bond donors (Lipinski definition) is 1. The highest BCUT2D eigenvalue weighted by molar-refractivity contribution is 7.89. The third-order valence-corrected chi connectivity index (χ3v) is 6.81. The van der Waals surface area contributed by atoms with Crippen molar-refractivity contribution in [3.63, 3.8) is 0 Å². The number of aryl methyl sites for hydroxylation is 3. The Balaban J connectivity index is 1.77. The summed E-state index contributed by atoms with van der Waals surface area (Å²) >= 11 is 1.43. The third-order valence-electron chi connectivity index (χ3n) is 4.17. The summed E-state index contributed by atoms with van der Waals surface area (Å²) in [7, 11) is 1.32. The molecule has 0 atom stereocenters. The van der Waals surface area contributed by atoms with Gasteiger partial charge in [0.05, 0.1) is 15.9 Å². The highest BCUT2D eigenvalue weighted by atomic mass is 32.2. The van der Waals surface area contributed by atoms with Gasteiger partial charge in [-0.05, 0) is 25.1 Å². The predicted molar refractivity (Wildman–Crippen MR) is 105 cm³/mol. The molecule has 0 saturated carbocycles. The number of anilines is 1. The second kappa shape index (κ2) is 7.37. The van der Waals surface area contributed by atoms with E-state index >= 15 is 0 Å². The first-order valence-corrected chi connectivity index (χ1v) is 10.5. The first kappa shape index (κ1) is 19.5. The zero-order chi connectivity index (χ0) is 19.8. The molecule has 0 radical (unpaired) electrons. The van der Waals surface area contributed by atoms with Gasteiger partial charge >= 0.3 is 0 Å². The van der Waals surface area contributed by atoms with E-state index in [1.54, 1.807) is 24.4 Å². The second-order valence-electron chi connectivity index (χ2n) is 6.35. The third kappa shape index (κ3) is 4.02. The molecule has 0 bridgehead atoms. The highest BCUT2D eigenvalue weighted by Gasteiger charge is 2.19. The summed E-state index contributed by atoms with van der Waals surface area (Å²) < 4.78 is 27.6. The molecule has 0 aliphatic carbocycles. The van der Waals surface area contributed by atoms with E-state index in [9.17, 15) is 13.2 Å². The minimum absolute atomic E-state index is 0.132. The molecule has 0 aliphatic rings. The molecule has 27 heavy (non-hydrogen) atoms. The summed E-state index contributed by atoms with van der Waals surface area (Å²) in [5.41, 5.74) is 1.41. The van der Waals surface area contributed by atoms with Crippen LogP contribution in [0.25, 0.3) is 11.0 Å². The van der Waals surface area contributed by atoms with Crippen molar-refractivity contribution in [1.29, 1.82) is 0 Å². The first-order valence-electron chi connectivity index (χ1n) is 8.28. The number of amides is 1. The van der Waals surface area contributed by atoms with Crippen molar-refractivity contribution in [1.82, 2.24) is 18.8 Å². The molecule has 144 valence electrons. The molecular weight excluding hydrogens is 386 g/mol. The fourth-order valence-electron chi connectivity index (χ4n) is 2.64. The largest absolute Gasteiger partial charge is 0.331 e. The van der Waals surface area contributed by atoms with Crippen LogP contribution >= 0.6 is 11.3 Å². The van der Waals surface area contributed by atoms with Crippen molar-refractivity contribution in [3.8, 4) is 0 Å². The molecule has 3 rings (SSSR count). The topological polar surface area (TPSA) is 97.2 Å². The maximum atomic E-state index is 12.3. The number of imidazole rings is 1. The van der Waals surface area contributed by atoms with E-state index in [2.05, 4.69) is 15.3 Å². The lowest BCUT2D eigenvalue weighted by Crippen LogP contribution is -2.22. The van der Waals surface area contributed by atoms with Crippen molar-refractivity contribution in [2.75, 3.05) is 19.4 Å². The average Bonchev–Trinajstić information content (AvgIpc) is 3.15. The van der Waals surface area contributed by atoms with Crippen molar-refractivity contribution >= 4 is 43.4 Å². The molecule has 2 heterocycles. The Hall–Kier alpha value is -2.30. The molecule has 1 N–H and O–H groups in total. The van der Waals surface area contributed by atoms with E-state index < -0.39 is 10.0 Å². The Morgan fingerprint density at radius 3 is 2.70 bits per heavy atom. The smallest absolute Gasteiger partial charge is 0.242 e. The van der Waals surface area contributed by atoms with Crippen molar-refractivity contribution in [3.05, 3.63) is 35.1 Å². The van der Waals surface area contributed by atoms with Gasteiger partial charge in [0.1, 0.15) is 5.82 Å². The Bertz CT molecular complexity index is 1100. The van der Waals surface area contributed by atoms with Gasteiger partial charge < -0.3 is 9.88 Å². The van der Waals surface area contributed by atoms with E-state index in [4.69, 9.17) is 0 Å². The normalized spacial score (nSPS) is 12.0. The summed E-state index contributed by atoms with van der Waals surface area (Å²) in [6.07, 6.45) is 2.42. The van der Waals surface area contributed by atoms with Crippen LogP contribution in [0.1, 0.15) is 17.1 Å². The lowest BCUT2D eigenvalue weighted by molar-refractivity contribution is -0.116. The number of nitrogens with one attached hydrogen (secondary N) is 1. The molecule has 0 unspecified atom stereocenters. The van der Waals surface area contributed by atoms with E-state index in [0.717, 1.165) is 16.2 Å². The molecule has 1 amide bonds. The fraction of sp³-hybridized carbons (Fsp3) is 0.353. The van der Waals surface area contributed by atoms with Crippen LogP contribution in [0.2, 0.25) is 0 Å². The van der Waals surface area contributed by atoms with Gasteiger partial charge in [-0.1, -0.05) is 0 Å². The van der Waals surface area contributed by atoms with Crippen LogP contribution in [0.15, 0.2) is 29.3 Å². The molecule has 0 spiro atoms. The van der Waals surface area contributed by atoms with Gasteiger partial charge in [0.15, 0.2) is 5.13 Å². The Kier molecular flexibility index (Phi) is 5.31. The van der Waals surface area contributed by atoms with E-state index in [1.165, 1.54) is 29.7 Å². The number of fused-ring (bicyclic) bond motifs is 1. The molecule has 1 aromatic carbocycles. The molecule has 10 heteroatoms. The number of sulfonamides is 1. The lowest BCUT2D eigenvalue weighted by Gasteiger charge is -2.10. The zero-order valence-electron chi connectivity index (χ0n) is 15.6. The summed E-state index contributed by atoms with van der Waals surface area (Å²) in [5, 5.41) is 3.36. The van der Waals surface area contributed by atoms with Crippen LogP contribution < -0.4 is 5.32 Å². The van der Waals surface area contributed by atoms with Gasteiger partial charge in [-0.15, -0.1) is 11.3 Å². The molecular formula is C17H21N5O3S2. The second-order valence-corrected chi connectivity index (χ2v) is 9.74. The SMILES string of the molecule is Cc1cnc(NC(=O)CCc2nc3cc(S(=O)(=O)N(C)C)ccc3n2C)s1. The van der Waals surface area contributed by atoms with Gasteiger partial charge in [-0.25, -0.2) is 22.7 Å². The maximum absolute atomic E-state index is 12.3. The molecule has 8 nitrogen and oxygen atoms in total.